The number of hydrogen-bond acceptors (Lipinski definition) is 2. The molecule has 0 radical (unpaired) electrons. The summed E-state index contributed by atoms with van der Waals surface area (Å²) < 4.78 is 30.2. The van der Waals surface area contributed by atoms with Gasteiger partial charge in [-0.05, 0) is 87.9 Å². The van der Waals surface area contributed by atoms with Crippen LogP contribution in [0.5, 0.6) is 0 Å². The third-order valence-electron chi connectivity index (χ3n) is 8.78. The Morgan fingerprint density at radius 1 is 0.920 bits per heavy atom. The van der Waals surface area contributed by atoms with Crippen molar-refractivity contribution in [2.24, 2.45) is 40.9 Å². The summed E-state index contributed by atoms with van der Waals surface area (Å²) in [5, 5.41) is 10.4. The number of fused-ring (bicyclic) bond motifs is 5. The van der Waals surface area contributed by atoms with Gasteiger partial charge in [0, 0.05) is 18.3 Å². The molecule has 0 aromatic heterocycles. The van der Waals surface area contributed by atoms with Crippen LogP contribution >= 0.6 is 0 Å². The molecular weight excluding hydrogens is 322 g/mol. The normalized spacial score (nSPS) is 54.3. The predicted octanol–water partition coefficient (Wildman–Crippen LogP) is 4.84. The summed E-state index contributed by atoms with van der Waals surface area (Å²) in [5.41, 5.74) is -1.01. The second kappa shape index (κ2) is 5.50. The zero-order chi connectivity index (χ0) is 18.2. The largest absolute Gasteiger partial charge is 0.390 e. The number of halogens is 2. The van der Waals surface area contributed by atoms with Gasteiger partial charge in [-0.1, -0.05) is 6.92 Å². The molecule has 0 spiro atoms. The van der Waals surface area contributed by atoms with Crippen LogP contribution in [0, 0.1) is 40.9 Å². The van der Waals surface area contributed by atoms with E-state index < -0.39 is 17.4 Å². The first-order valence-corrected chi connectivity index (χ1v) is 10.2. The van der Waals surface area contributed by atoms with Gasteiger partial charge < -0.3 is 5.11 Å². The van der Waals surface area contributed by atoms with E-state index in [0.29, 0.717) is 12.3 Å². The summed E-state index contributed by atoms with van der Waals surface area (Å²) in [4.78, 5) is 12.1. The molecule has 4 saturated carbocycles. The van der Waals surface area contributed by atoms with E-state index in [4.69, 9.17) is 0 Å². The topological polar surface area (TPSA) is 37.3 Å². The molecule has 4 aliphatic rings. The Labute approximate surface area is 149 Å². The van der Waals surface area contributed by atoms with Gasteiger partial charge in [-0.15, -0.1) is 0 Å². The van der Waals surface area contributed by atoms with Crippen molar-refractivity contribution in [3.8, 4) is 0 Å². The van der Waals surface area contributed by atoms with Crippen LogP contribution in [0.1, 0.15) is 72.1 Å². The first kappa shape index (κ1) is 17.9. The summed E-state index contributed by atoms with van der Waals surface area (Å²) in [6, 6.07) is 0. The number of ketones is 1. The van der Waals surface area contributed by atoms with E-state index in [2.05, 4.69) is 6.92 Å². The monoisotopic (exact) mass is 354 g/mol. The number of carbonyl (C=O) groups is 1. The third-order valence-corrected chi connectivity index (χ3v) is 8.78. The predicted molar refractivity (Wildman–Crippen MR) is 92.2 cm³/mol. The lowest BCUT2D eigenvalue weighted by Crippen LogP contribution is -2.57. The molecule has 0 heterocycles. The van der Waals surface area contributed by atoms with Crippen LogP contribution in [-0.4, -0.2) is 22.4 Å². The van der Waals surface area contributed by atoms with Crippen LogP contribution in [0.3, 0.4) is 0 Å². The van der Waals surface area contributed by atoms with Crippen molar-refractivity contribution in [1.29, 1.82) is 0 Å². The van der Waals surface area contributed by atoms with Gasteiger partial charge in [0.2, 0.25) is 0 Å². The third kappa shape index (κ3) is 2.61. The first-order chi connectivity index (χ1) is 11.6. The second-order valence-corrected chi connectivity index (χ2v) is 10.2. The van der Waals surface area contributed by atoms with Crippen molar-refractivity contribution in [2.75, 3.05) is 0 Å². The standard InChI is InChI=1S/C21H32F2O2/c1-12(24)16-4-5-17-15-10-21(22,23)18-11-19(2,25)8-6-14(18)13(15)7-9-20(16,17)3/h13-18,25H,4-11H2,1-3H3/t13-,14-,15-,16-,17+,18-,19-,20-/m1/s1. The van der Waals surface area contributed by atoms with Crippen LogP contribution in [0.4, 0.5) is 8.78 Å². The molecule has 0 unspecified atom stereocenters. The van der Waals surface area contributed by atoms with Crippen LogP contribution in [-0.2, 0) is 4.79 Å². The Hall–Kier alpha value is -0.510. The Bertz CT molecular complexity index is 572. The molecule has 4 fully saturated rings. The first-order valence-electron chi connectivity index (χ1n) is 10.2. The Balaban J connectivity index is 1.64. The van der Waals surface area contributed by atoms with E-state index in [1.807, 2.05) is 0 Å². The van der Waals surface area contributed by atoms with Crippen LogP contribution in [0.2, 0.25) is 0 Å². The summed E-state index contributed by atoms with van der Waals surface area (Å²) >= 11 is 0. The minimum absolute atomic E-state index is 0.0280. The highest BCUT2D eigenvalue weighted by Gasteiger charge is 2.64. The van der Waals surface area contributed by atoms with Crippen molar-refractivity contribution in [1.82, 2.24) is 0 Å². The Morgan fingerprint density at radius 2 is 1.60 bits per heavy atom. The lowest BCUT2D eigenvalue weighted by atomic mass is 9.48. The Morgan fingerprint density at radius 3 is 2.28 bits per heavy atom. The van der Waals surface area contributed by atoms with Crippen molar-refractivity contribution in [3.63, 3.8) is 0 Å². The number of alkyl halides is 2. The van der Waals surface area contributed by atoms with Gasteiger partial charge in [0.15, 0.2) is 0 Å². The molecular formula is C21H32F2O2. The van der Waals surface area contributed by atoms with Crippen molar-refractivity contribution in [2.45, 2.75) is 83.7 Å². The smallest absolute Gasteiger partial charge is 0.251 e. The zero-order valence-electron chi connectivity index (χ0n) is 15.7. The SMILES string of the molecule is CC(=O)[C@H]1CC[C@H]2[C@@H]3CC(F)(F)[C@@H]4C[C@](C)(O)CC[C@@H]4[C@H]3CC[C@]12C. The van der Waals surface area contributed by atoms with E-state index in [9.17, 15) is 9.90 Å². The molecule has 4 aliphatic carbocycles. The van der Waals surface area contributed by atoms with Gasteiger partial charge in [-0.25, -0.2) is 8.78 Å². The van der Waals surface area contributed by atoms with Crippen molar-refractivity contribution >= 4 is 5.78 Å². The molecule has 0 saturated heterocycles. The maximum Gasteiger partial charge on any atom is 0.251 e. The van der Waals surface area contributed by atoms with Crippen LogP contribution < -0.4 is 0 Å². The maximum absolute atomic E-state index is 15.1. The number of Topliss-reactive ketones (excluding diaryl/α,β-unsaturated/α-hetero) is 1. The molecule has 0 bridgehead atoms. The van der Waals surface area contributed by atoms with E-state index in [0.717, 1.165) is 32.1 Å². The minimum atomic E-state index is -2.68. The number of rotatable bonds is 1. The molecule has 0 amide bonds. The molecule has 4 heteroatoms. The lowest BCUT2D eigenvalue weighted by molar-refractivity contribution is -0.210. The average Bonchev–Trinajstić information content (AvgIpc) is 2.84. The fraction of sp³-hybridized carbons (Fsp3) is 0.952. The van der Waals surface area contributed by atoms with E-state index in [-0.39, 0.29) is 47.7 Å². The minimum Gasteiger partial charge on any atom is -0.390 e. The quantitative estimate of drug-likeness (QED) is 0.731. The van der Waals surface area contributed by atoms with E-state index >= 15 is 8.78 Å². The number of hydrogen-bond donors (Lipinski definition) is 1. The van der Waals surface area contributed by atoms with E-state index in [1.165, 1.54) is 0 Å². The highest BCUT2D eigenvalue weighted by molar-refractivity contribution is 5.79. The molecule has 0 aromatic carbocycles. The summed E-state index contributed by atoms with van der Waals surface area (Å²) in [6.45, 7) is 5.60. The van der Waals surface area contributed by atoms with Crippen molar-refractivity contribution in [3.05, 3.63) is 0 Å². The van der Waals surface area contributed by atoms with Crippen LogP contribution in [0.25, 0.3) is 0 Å². The summed E-state index contributed by atoms with van der Waals surface area (Å²) in [6.07, 6.45) is 5.40. The lowest BCUT2D eigenvalue weighted by Gasteiger charge is -2.58. The van der Waals surface area contributed by atoms with Gasteiger partial charge in [-0.3, -0.25) is 4.79 Å². The molecule has 1 N–H and O–H groups in total. The fourth-order valence-corrected chi connectivity index (χ4v) is 7.66. The number of aliphatic hydroxyl groups is 1. The molecule has 0 aromatic rings. The second-order valence-electron chi connectivity index (χ2n) is 10.2. The zero-order valence-corrected chi connectivity index (χ0v) is 15.7. The van der Waals surface area contributed by atoms with Crippen molar-refractivity contribution < 1.29 is 18.7 Å². The maximum atomic E-state index is 15.1. The Kier molecular flexibility index (Phi) is 3.93. The summed E-state index contributed by atoms with van der Waals surface area (Å²) in [5.74, 6) is -2.28. The molecule has 8 atom stereocenters. The number of carbonyl (C=O) groups excluding carboxylic acids is 1. The molecule has 4 rings (SSSR count). The van der Waals surface area contributed by atoms with Gasteiger partial charge in [0.05, 0.1) is 5.60 Å². The summed E-state index contributed by atoms with van der Waals surface area (Å²) in [7, 11) is 0. The van der Waals surface area contributed by atoms with E-state index in [1.54, 1.807) is 13.8 Å². The molecule has 0 aliphatic heterocycles. The van der Waals surface area contributed by atoms with Gasteiger partial charge >= 0.3 is 0 Å². The van der Waals surface area contributed by atoms with Gasteiger partial charge in [0.1, 0.15) is 5.78 Å². The average molecular weight is 354 g/mol. The molecule has 142 valence electrons. The fourth-order valence-electron chi connectivity index (χ4n) is 7.66. The highest BCUT2D eigenvalue weighted by Crippen LogP contribution is 2.66. The van der Waals surface area contributed by atoms with Crippen LogP contribution in [0.15, 0.2) is 0 Å². The van der Waals surface area contributed by atoms with Gasteiger partial charge in [0.25, 0.3) is 5.92 Å². The molecule has 25 heavy (non-hydrogen) atoms. The molecule has 2 nitrogen and oxygen atoms in total. The highest BCUT2D eigenvalue weighted by atomic mass is 19.3. The van der Waals surface area contributed by atoms with Gasteiger partial charge in [-0.2, -0.15) is 0 Å².